The van der Waals surface area contributed by atoms with Gasteiger partial charge in [-0.15, -0.1) is 9.13 Å². The molecule has 0 radical (unpaired) electrons. The molecule has 2 rings (SSSR count). The predicted molar refractivity (Wildman–Crippen MR) is 45.4 cm³/mol. The first-order chi connectivity index (χ1) is 5.88. The third-order valence-electron chi connectivity index (χ3n) is 2.61. The minimum absolute atomic E-state index is 1.20. The van der Waals surface area contributed by atoms with E-state index < -0.39 is 0 Å². The Hall–Kier alpha value is -0.920. The first-order valence-electron chi connectivity index (χ1n) is 4.75. The Morgan fingerprint density at radius 1 is 1.17 bits per heavy atom. The molecule has 1 aliphatic rings. The monoisotopic (exact) mass is 164 g/mol. The summed E-state index contributed by atoms with van der Waals surface area (Å²) in [5.41, 5.74) is 0. The zero-order valence-corrected chi connectivity index (χ0v) is 7.66. The standard InChI is InChI=1S/C10H16N2/c1-11-7-5-9-12-8-4-2-3-6-10(11)12/h5,7,9H,2-4,6,8H2,1H3/q+2. The molecule has 64 valence electrons. The lowest BCUT2D eigenvalue weighted by molar-refractivity contribution is -0.826. The number of hydrogen-bond donors (Lipinski definition) is 0. The summed E-state index contributed by atoms with van der Waals surface area (Å²) in [5, 5.41) is 0. The smallest absolute Gasteiger partial charge is 0.150 e. The highest BCUT2D eigenvalue weighted by Crippen LogP contribution is 2.04. The molecule has 2 heterocycles. The SMILES string of the molecule is C[n+]1ccc[n+]2c1CCCCC2. The Labute approximate surface area is 73.5 Å². The Morgan fingerprint density at radius 2 is 2.08 bits per heavy atom. The van der Waals surface area contributed by atoms with Crippen LogP contribution in [0.3, 0.4) is 0 Å². The summed E-state index contributed by atoms with van der Waals surface area (Å²) in [5.74, 6) is 1.47. The van der Waals surface area contributed by atoms with E-state index in [0.717, 1.165) is 0 Å². The number of rotatable bonds is 0. The van der Waals surface area contributed by atoms with Gasteiger partial charge in [-0.3, -0.25) is 0 Å². The topological polar surface area (TPSA) is 7.76 Å². The predicted octanol–water partition coefficient (Wildman–Crippen LogP) is 0.525. The van der Waals surface area contributed by atoms with Gasteiger partial charge in [-0.1, -0.05) is 0 Å². The van der Waals surface area contributed by atoms with E-state index in [0.29, 0.717) is 0 Å². The fourth-order valence-corrected chi connectivity index (χ4v) is 1.91. The van der Waals surface area contributed by atoms with Gasteiger partial charge in [0.2, 0.25) is 0 Å². The first-order valence-corrected chi connectivity index (χ1v) is 4.75. The van der Waals surface area contributed by atoms with E-state index in [-0.39, 0.29) is 0 Å². The largest absolute Gasteiger partial charge is 0.417 e. The van der Waals surface area contributed by atoms with Crippen LogP contribution in [0.4, 0.5) is 0 Å². The minimum Gasteiger partial charge on any atom is -0.150 e. The van der Waals surface area contributed by atoms with Crippen LogP contribution in [-0.4, -0.2) is 0 Å². The van der Waals surface area contributed by atoms with Crippen molar-refractivity contribution in [2.45, 2.75) is 32.2 Å². The molecule has 0 N–H and O–H groups in total. The third kappa shape index (κ3) is 1.33. The fourth-order valence-electron chi connectivity index (χ4n) is 1.91. The van der Waals surface area contributed by atoms with Gasteiger partial charge in [0, 0.05) is 6.42 Å². The molecule has 0 amide bonds. The highest BCUT2D eigenvalue weighted by molar-refractivity contribution is 4.72. The number of aryl methyl sites for hydroxylation is 2. The molecule has 1 aromatic rings. The Morgan fingerprint density at radius 3 is 3.00 bits per heavy atom. The second kappa shape index (κ2) is 3.21. The molecule has 0 bridgehead atoms. The van der Waals surface area contributed by atoms with Crippen LogP contribution in [0.1, 0.15) is 25.1 Å². The van der Waals surface area contributed by atoms with Crippen molar-refractivity contribution < 1.29 is 9.13 Å². The van der Waals surface area contributed by atoms with E-state index in [9.17, 15) is 0 Å². The van der Waals surface area contributed by atoms with Crippen molar-refractivity contribution in [1.82, 2.24) is 0 Å². The van der Waals surface area contributed by atoms with E-state index in [2.05, 4.69) is 34.6 Å². The van der Waals surface area contributed by atoms with Gasteiger partial charge in [0.15, 0.2) is 18.9 Å². The van der Waals surface area contributed by atoms with E-state index in [1.165, 1.54) is 38.1 Å². The average molecular weight is 164 g/mol. The minimum atomic E-state index is 1.20. The zero-order chi connectivity index (χ0) is 8.39. The van der Waals surface area contributed by atoms with Gasteiger partial charge in [0.05, 0.1) is 12.5 Å². The number of nitrogens with zero attached hydrogens (tertiary/aromatic N) is 2. The maximum Gasteiger partial charge on any atom is 0.417 e. The molecule has 0 spiro atoms. The molecular formula is C10H16N2+2. The quantitative estimate of drug-likeness (QED) is 0.494. The molecule has 1 aliphatic heterocycles. The van der Waals surface area contributed by atoms with Crippen LogP contribution < -0.4 is 9.13 Å². The van der Waals surface area contributed by atoms with E-state index in [1.807, 2.05) is 0 Å². The van der Waals surface area contributed by atoms with Crippen LogP contribution in [0, 0.1) is 0 Å². The van der Waals surface area contributed by atoms with Crippen molar-refractivity contribution in [3.63, 3.8) is 0 Å². The lowest BCUT2D eigenvalue weighted by atomic mass is 10.2. The molecule has 0 unspecified atom stereocenters. The Kier molecular flexibility index (Phi) is 2.07. The average Bonchev–Trinajstić information content (AvgIpc) is 2.30. The molecule has 0 saturated heterocycles. The molecule has 2 nitrogen and oxygen atoms in total. The zero-order valence-electron chi connectivity index (χ0n) is 7.66. The van der Waals surface area contributed by atoms with Crippen LogP contribution >= 0.6 is 0 Å². The number of fused-ring (bicyclic) bond motifs is 1. The number of aromatic nitrogens is 2. The van der Waals surface area contributed by atoms with Gasteiger partial charge in [0.1, 0.15) is 7.05 Å². The second-order valence-electron chi connectivity index (χ2n) is 3.52. The Bertz CT molecular complexity index is 281. The van der Waals surface area contributed by atoms with Crippen molar-refractivity contribution >= 4 is 0 Å². The summed E-state index contributed by atoms with van der Waals surface area (Å²) < 4.78 is 4.62. The lowest BCUT2D eigenvalue weighted by Gasteiger charge is -1.94. The van der Waals surface area contributed by atoms with E-state index >= 15 is 0 Å². The molecule has 0 atom stereocenters. The highest BCUT2D eigenvalue weighted by Gasteiger charge is 2.22. The first kappa shape index (κ1) is 7.71. The highest BCUT2D eigenvalue weighted by atomic mass is 15.1. The van der Waals surface area contributed by atoms with Crippen LogP contribution in [0.15, 0.2) is 18.5 Å². The van der Waals surface area contributed by atoms with Crippen LogP contribution in [-0.2, 0) is 20.0 Å². The molecule has 12 heavy (non-hydrogen) atoms. The molecular weight excluding hydrogens is 148 g/mol. The molecule has 0 saturated carbocycles. The van der Waals surface area contributed by atoms with Gasteiger partial charge in [-0.25, -0.2) is 0 Å². The van der Waals surface area contributed by atoms with Crippen molar-refractivity contribution in [1.29, 1.82) is 0 Å². The van der Waals surface area contributed by atoms with Crippen molar-refractivity contribution in [3.8, 4) is 0 Å². The van der Waals surface area contributed by atoms with Gasteiger partial charge < -0.3 is 0 Å². The van der Waals surface area contributed by atoms with Crippen LogP contribution in [0.2, 0.25) is 0 Å². The second-order valence-corrected chi connectivity index (χ2v) is 3.52. The summed E-state index contributed by atoms with van der Waals surface area (Å²) in [6.07, 6.45) is 9.62. The maximum atomic E-state index is 2.38. The normalized spacial score (nSPS) is 16.8. The molecule has 1 aromatic heterocycles. The van der Waals surface area contributed by atoms with Gasteiger partial charge in [0.25, 0.3) is 0 Å². The van der Waals surface area contributed by atoms with E-state index in [4.69, 9.17) is 0 Å². The van der Waals surface area contributed by atoms with Crippen LogP contribution in [0.25, 0.3) is 0 Å². The van der Waals surface area contributed by atoms with Crippen molar-refractivity contribution in [2.75, 3.05) is 0 Å². The summed E-state index contributed by atoms with van der Waals surface area (Å²) in [6.45, 7) is 1.20. The maximum absolute atomic E-state index is 2.38. The summed E-state index contributed by atoms with van der Waals surface area (Å²) >= 11 is 0. The van der Waals surface area contributed by atoms with Gasteiger partial charge in [-0.05, 0) is 12.8 Å². The van der Waals surface area contributed by atoms with Gasteiger partial charge in [-0.2, -0.15) is 0 Å². The molecule has 0 fully saturated rings. The molecule has 0 aromatic carbocycles. The van der Waals surface area contributed by atoms with E-state index in [1.54, 1.807) is 0 Å². The lowest BCUT2D eigenvalue weighted by Crippen LogP contribution is -2.50. The third-order valence-corrected chi connectivity index (χ3v) is 2.61. The summed E-state index contributed by atoms with van der Waals surface area (Å²) in [7, 11) is 2.14. The molecule has 0 aliphatic carbocycles. The summed E-state index contributed by atoms with van der Waals surface area (Å²) in [6, 6.07) is 2.12. The van der Waals surface area contributed by atoms with Crippen molar-refractivity contribution in [3.05, 3.63) is 24.3 Å². The Balaban J connectivity index is 2.42. The summed E-state index contributed by atoms with van der Waals surface area (Å²) in [4.78, 5) is 0. The molecule has 2 heteroatoms. The number of hydrogen-bond acceptors (Lipinski definition) is 0. The van der Waals surface area contributed by atoms with Crippen molar-refractivity contribution in [2.24, 2.45) is 7.05 Å². The van der Waals surface area contributed by atoms with Crippen LogP contribution in [0.5, 0.6) is 0 Å². The van der Waals surface area contributed by atoms with Gasteiger partial charge >= 0.3 is 5.82 Å². The fraction of sp³-hybridized carbons (Fsp3) is 0.600.